The van der Waals surface area contributed by atoms with Crippen LogP contribution in [0, 0.1) is 17.3 Å². The summed E-state index contributed by atoms with van der Waals surface area (Å²) in [6, 6.07) is -3.56. The normalized spacial score (nSPS) is 24.7. The minimum absolute atomic E-state index is 0.119. The number of hydrogen-bond donors (Lipinski definition) is 3. The van der Waals surface area contributed by atoms with Gasteiger partial charge in [-0.2, -0.15) is 0 Å². The number of carbonyl (C=O) groups is 5. The number of ether oxygens (including phenoxy) is 1. The van der Waals surface area contributed by atoms with Crippen molar-refractivity contribution in [3.8, 4) is 0 Å². The Hall–Kier alpha value is -2.79. The number of alkyl carbamates (subject to hydrolysis) is 1. The lowest BCUT2D eigenvalue weighted by Gasteiger charge is -2.47. The maximum Gasteiger partial charge on any atom is 0.407 e. The summed E-state index contributed by atoms with van der Waals surface area (Å²) in [6.07, 6.45) is 3.73. The summed E-state index contributed by atoms with van der Waals surface area (Å²) in [5.74, 6) is -5.75. The van der Waals surface area contributed by atoms with E-state index >= 15 is 0 Å². The third-order valence-corrected chi connectivity index (χ3v) is 8.19. The molecule has 0 unspecified atom stereocenters. The zero-order chi connectivity index (χ0) is 29.8. The van der Waals surface area contributed by atoms with Gasteiger partial charge in [-0.25, -0.2) is 13.6 Å². The molecule has 226 valence electrons. The first-order valence-electron chi connectivity index (χ1n) is 14.3. The van der Waals surface area contributed by atoms with Crippen LogP contribution in [0.25, 0.3) is 0 Å². The highest BCUT2D eigenvalue weighted by atomic mass is 19.3. The van der Waals surface area contributed by atoms with Crippen LogP contribution in [0.2, 0.25) is 0 Å². The SMILES string of the molecule is COC(=O)N[C@H](C(=O)N1C[C@@H]2CCCC[C@@H]2C[C@H]1C(=O)N[C@@H](CCC(C)(F)F)C(=O)C(=O)NC1CC1)C(C)(C)C. The molecular formula is C28H44F2N4O6. The van der Waals surface area contributed by atoms with Crippen molar-refractivity contribution in [2.24, 2.45) is 17.3 Å². The average Bonchev–Trinajstić information content (AvgIpc) is 3.70. The number of carbonyl (C=O) groups excluding carboxylic acids is 5. The first-order valence-corrected chi connectivity index (χ1v) is 14.3. The Morgan fingerprint density at radius 3 is 2.12 bits per heavy atom. The lowest BCUT2D eigenvalue weighted by atomic mass is 9.72. The van der Waals surface area contributed by atoms with Crippen molar-refractivity contribution in [2.45, 2.75) is 116 Å². The Balaban J connectivity index is 1.86. The maximum absolute atomic E-state index is 13.9. The van der Waals surface area contributed by atoms with Gasteiger partial charge >= 0.3 is 6.09 Å². The van der Waals surface area contributed by atoms with E-state index in [1.807, 2.05) is 0 Å². The van der Waals surface area contributed by atoms with Gasteiger partial charge in [0.15, 0.2) is 0 Å². The van der Waals surface area contributed by atoms with Gasteiger partial charge in [-0.05, 0) is 56.3 Å². The van der Waals surface area contributed by atoms with Gasteiger partial charge in [-0.15, -0.1) is 0 Å². The highest BCUT2D eigenvalue weighted by molar-refractivity contribution is 6.38. The number of fused-ring (bicyclic) bond motifs is 1. The Morgan fingerprint density at radius 2 is 1.57 bits per heavy atom. The molecule has 5 atom stereocenters. The number of alkyl halides is 2. The number of piperidine rings is 1. The second kappa shape index (κ2) is 12.8. The van der Waals surface area contributed by atoms with E-state index in [2.05, 4.69) is 16.0 Å². The summed E-state index contributed by atoms with van der Waals surface area (Å²) in [5.41, 5.74) is -0.720. The molecule has 0 aromatic carbocycles. The van der Waals surface area contributed by atoms with E-state index in [1.165, 1.54) is 12.0 Å². The monoisotopic (exact) mass is 570 g/mol. The number of amides is 4. The number of hydrogen-bond acceptors (Lipinski definition) is 6. The fraction of sp³-hybridized carbons (Fsp3) is 0.821. The molecule has 2 saturated carbocycles. The van der Waals surface area contributed by atoms with Gasteiger partial charge in [-0.3, -0.25) is 19.2 Å². The number of methoxy groups -OCH3 is 1. The van der Waals surface area contributed by atoms with Crippen molar-refractivity contribution in [1.29, 1.82) is 0 Å². The molecule has 0 aromatic rings. The van der Waals surface area contributed by atoms with Gasteiger partial charge in [0.05, 0.1) is 13.2 Å². The molecular weight excluding hydrogens is 526 g/mol. The molecule has 0 spiro atoms. The molecule has 40 heavy (non-hydrogen) atoms. The maximum atomic E-state index is 13.9. The average molecular weight is 571 g/mol. The topological polar surface area (TPSA) is 134 Å². The summed E-state index contributed by atoms with van der Waals surface area (Å²) >= 11 is 0. The van der Waals surface area contributed by atoms with Crippen molar-refractivity contribution in [1.82, 2.24) is 20.9 Å². The van der Waals surface area contributed by atoms with E-state index in [4.69, 9.17) is 4.74 Å². The van der Waals surface area contributed by atoms with Crippen LogP contribution >= 0.6 is 0 Å². The molecule has 3 rings (SSSR count). The van der Waals surface area contributed by atoms with E-state index in [0.717, 1.165) is 38.5 Å². The van der Waals surface area contributed by atoms with Crippen molar-refractivity contribution in [2.75, 3.05) is 13.7 Å². The van der Waals surface area contributed by atoms with E-state index in [9.17, 15) is 32.8 Å². The molecule has 12 heteroatoms. The minimum Gasteiger partial charge on any atom is -0.453 e. The number of likely N-dealkylation sites (tertiary alicyclic amines) is 1. The van der Waals surface area contributed by atoms with Gasteiger partial charge in [0, 0.05) is 19.0 Å². The Labute approximate surface area is 234 Å². The van der Waals surface area contributed by atoms with Crippen LogP contribution in [0.15, 0.2) is 0 Å². The summed E-state index contributed by atoms with van der Waals surface area (Å²) in [6.45, 7) is 6.36. The molecule has 0 radical (unpaired) electrons. The fourth-order valence-electron chi connectivity index (χ4n) is 5.69. The first kappa shape index (κ1) is 31.7. The number of halogens is 2. The molecule has 3 aliphatic rings. The molecule has 0 bridgehead atoms. The van der Waals surface area contributed by atoms with Crippen LogP contribution in [-0.4, -0.2) is 78.2 Å². The summed E-state index contributed by atoms with van der Waals surface area (Å²) < 4.78 is 32.2. The predicted molar refractivity (Wildman–Crippen MR) is 142 cm³/mol. The lowest BCUT2D eigenvalue weighted by molar-refractivity contribution is -0.150. The minimum atomic E-state index is -3.10. The summed E-state index contributed by atoms with van der Waals surface area (Å²) in [5, 5.41) is 7.71. The van der Waals surface area contributed by atoms with Crippen molar-refractivity contribution < 1.29 is 37.5 Å². The Kier molecular flexibility index (Phi) is 10.2. The molecule has 4 amide bonds. The Bertz CT molecular complexity index is 975. The quantitative estimate of drug-likeness (QED) is 0.346. The number of Topliss-reactive ketones (excluding diaryl/α,β-unsaturated/α-hetero) is 1. The van der Waals surface area contributed by atoms with E-state index in [0.29, 0.717) is 19.9 Å². The van der Waals surface area contributed by atoms with E-state index in [-0.39, 0.29) is 17.9 Å². The van der Waals surface area contributed by atoms with Gasteiger partial charge in [0.1, 0.15) is 12.1 Å². The number of ketones is 1. The second-order valence-electron chi connectivity index (χ2n) is 12.8. The zero-order valence-corrected chi connectivity index (χ0v) is 24.2. The molecule has 1 aliphatic heterocycles. The standard InChI is InChI=1S/C28H44F2N4O6/c1-27(2,3)22(33-26(39)40-5)25(38)34-15-17-9-7-6-8-16(17)14-20(34)23(36)32-19(12-13-28(4,29)30)21(35)24(37)31-18-10-11-18/h16-20,22H,6-15H2,1-5H3,(H,31,37)(H,32,36)(H,33,39)/t16-,17+,19+,20+,22-/m1/s1. The molecule has 1 saturated heterocycles. The third kappa shape index (κ3) is 8.60. The third-order valence-electron chi connectivity index (χ3n) is 8.19. The number of nitrogens with one attached hydrogen (secondary N) is 3. The van der Waals surface area contributed by atoms with Gasteiger partial charge in [0.25, 0.3) is 5.91 Å². The van der Waals surface area contributed by atoms with Gasteiger partial charge in [0.2, 0.25) is 23.5 Å². The molecule has 2 aliphatic carbocycles. The van der Waals surface area contributed by atoms with Crippen LogP contribution in [0.3, 0.4) is 0 Å². The van der Waals surface area contributed by atoms with Crippen LogP contribution in [0.4, 0.5) is 13.6 Å². The Morgan fingerprint density at radius 1 is 0.950 bits per heavy atom. The van der Waals surface area contributed by atoms with Crippen LogP contribution in [0.1, 0.15) is 85.5 Å². The van der Waals surface area contributed by atoms with E-state index in [1.54, 1.807) is 20.8 Å². The molecule has 10 nitrogen and oxygen atoms in total. The van der Waals surface area contributed by atoms with Gasteiger partial charge < -0.3 is 25.6 Å². The molecule has 3 fully saturated rings. The molecule has 1 heterocycles. The summed E-state index contributed by atoms with van der Waals surface area (Å²) in [7, 11) is 1.19. The van der Waals surface area contributed by atoms with Crippen LogP contribution in [0.5, 0.6) is 0 Å². The van der Waals surface area contributed by atoms with Crippen molar-refractivity contribution >= 4 is 29.6 Å². The second-order valence-corrected chi connectivity index (χ2v) is 12.8. The number of nitrogens with zero attached hydrogens (tertiary/aromatic N) is 1. The van der Waals surface area contributed by atoms with Crippen molar-refractivity contribution in [3.63, 3.8) is 0 Å². The van der Waals surface area contributed by atoms with Crippen LogP contribution < -0.4 is 16.0 Å². The predicted octanol–water partition coefficient (Wildman–Crippen LogP) is 2.93. The van der Waals surface area contributed by atoms with Gasteiger partial charge in [-0.1, -0.05) is 40.0 Å². The smallest absolute Gasteiger partial charge is 0.407 e. The largest absolute Gasteiger partial charge is 0.453 e. The first-order chi connectivity index (χ1) is 18.6. The number of rotatable bonds is 10. The summed E-state index contributed by atoms with van der Waals surface area (Å²) in [4.78, 5) is 66.7. The highest BCUT2D eigenvalue weighted by Gasteiger charge is 2.47. The van der Waals surface area contributed by atoms with Crippen molar-refractivity contribution in [3.05, 3.63) is 0 Å². The fourth-order valence-corrected chi connectivity index (χ4v) is 5.69. The van der Waals surface area contributed by atoms with E-state index < -0.39 is 71.9 Å². The zero-order valence-electron chi connectivity index (χ0n) is 24.2. The lowest BCUT2D eigenvalue weighted by Crippen LogP contribution is -2.64. The van der Waals surface area contributed by atoms with Crippen LogP contribution in [-0.2, 0) is 23.9 Å². The highest BCUT2D eigenvalue weighted by Crippen LogP contribution is 2.39. The molecule has 3 N–H and O–H groups in total. The molecule has 0 aromatic heterocycles.